The molecule has 4 heterocycles. The second kappa shape index (κ2) is 9.72. The van der Waals surface area contributed by atoms with Gasteiger partial charge in [0.2, 0.25) is 0 Å². The number of alkyl carbamates (subject to hydrolysis) is 1. The van der Waals surface area contributed by atoms with Gasteiger partial charge in [-0.05, 0) is 75.3 Å². The summed E-state index contributed by atoms with van der Waals surface area (Å²) in [4.78, 5) is 18.3. The number of likely N-dealkylation sites (tertiary alicyclic amines) is 1. The first-order chi connectivity index (χ1) is 18.9. The number of nitrogens with one attached hydrogen (secondary N) is 1. The van der Waals surface area contributed by atoms with E-state index in [9.17, 15) is 18.0 Å². The molecular formula is C29H31F3N6O2. The highest BCUT2D eigenvalue weighted by molar-refractivity contribution is 5.82. The quantitative estimate of drug-likeness (QED) is 0.326. The molecule has 4 aromatic rings. The zero-order valence-electron chi connectivity index (χ0n) is 22.6. The van der Waals surface area contributed by atoms with Crippen LogP contribution in [-0.4, -0.2) is 61.5 Å². The number of alkyl halides is 3. The second-order valence-corrected chi connectivity index (χ2v) is 11.7. The maximum Gasteiger partial charge on any atom is 0.408 e. The fraction of sp³-hybridized carbons (Fsp3) is 0.448. The van der Waals surface area contributed by atoms with Crippen LogP contribution in [0.2, 0.25) is 0 Å². The molecule has 2 aliphatic rings. The number of aromatic nitrogens is 4. The minimum Gasteiger partial charge on any atom is -0.444 e. The Morgan fingerprint density at radius 2 is 1.82 bits per heavy atom. The first-order valence-corrected chi connectivity index (χ1v) is 13.5. The van der Waals surface area contributed by atoms with Crippen LogP contribution >= 0.6 is 0 Å². The minimum atomic E-state index is -4.54. The van der Waals surface area contributed by atoms with Crippen LogP contribution < -0.4 is 5.32 Å². The van der Waals surface area contributed by atoms with Crippen molar-refractivity contribution >= 4 is 22.6 Å². The lowest BCUT2D eigenvalue weighted by Gasteiger charge is -2.30. The number of nitrogens with zero attached hydrogens (tertiary/aromatic N) is 5. The third-order valence-corrected chi connectivity index (χ3v) is 7.35. The summed E-state index contributed by atoms with van der Waals surface area (Å²) in [7, 11) is 0. The lowest BCUT2D eigenvalue weighted by molar-refractivity contribution is -0.184. The summed E-state index contributed by atoms with van der Waals surface area (Å²) in [6.07, 6.45) is -0.982. The highest BCUT2D eigenvalue weighted by atomic mass is 19.4. The molecular weight excluding hydrogens is 521 g/mol. The van der Waals surface area contributed by atoms with Crippen LogP contribution in [0.1, 0.15) is 63.1 Å². The molecule has 8 nitrogen and oxygen atoms in total. The maximum atomic E-state index is 14.5. The van der Waals surface area contributed by atoms with E-state index in [4.69, 9.17) is 9.72 Å². The van der Waals surface area contributed by atoms with E-state index in [-0.39, 0.29) is 18.7 Å². The molecule has 0 radical (unpaired) electrons. The molecule has 3 aromatic heterocycles. The second-order valence-electron chi connectivity index (χ2n) is 11.7. The van der Waals surface area contributed by atoms with Crippen molar-refractivity contribution in [3.63, 3.8) is 0 Å². The third-order valence-electron chi connectivity index (χ3n) is 7.35. The van der Waals surface area contributed by atoms with Crippen LogP contribution in [0.5, 0.6) is 0 Å². The highest BCUT2D eigenvalue weighted by Crippen LogP contribution is 2.41. The van der Waals surface area contributed by atoms with E-state index in [1.165, 1.54) is 35.6 Å². The van der Waals surface area contributed by atoms with E-state index < -0.39 is 30.0 Å². The summed E-state index contributed by atoms with van der Waals surface area (Å²) < 4.78 is 50.3. The van der Waals surface area contributed by atoms with Crippen LogP contribution in [0.25, 0.3) is 28.1 Å². The van der Waals surface area contributed by atoms with Gasteiger partial charge in [0, 0.05) is 30.7 Å². The number of hydrogen-bond acceptors (Lipinski definition) is 6. The van der Waals surface area contributed by atoms with E-state index >= 15 is 0 Å². The van der Waals surface area contributed by atoms with Gasteiger partial charge in [-0.15, -0.1) is 10.2 Å². The monoisotopic (exact) mass is 552 g/mol. The lowest BCUT2D eigenvalue weighted by atomic mass is 10.1. The summed E-state index contributed by atoms with van der Waals surface area (Å²) in [6.45, 7) is 5.43. The molecule has 0 bridgehead atoms. The zero-order chi connectivity index (χ0) is 28.2. The normalized spacial score (nSPS) is 19.3. The Morgan fingerprint density at radius 1 is 1.05 bits per heavy atom. The SMILES string of the molecule is CC(C)(C)OC(=O)N[C@H]1CCN(C(c2ccc3nnc(-c4ccc5ccc(C6CC6)cc5n4)n3c2)C(F)(F)F)C1. The third kappa shape index (κ3) is 5.47. The molecule has 2 atom stereocenters. The van der Waals surface area contributed by atoms with Crippen LogP contribution in [-0.2, 0) is 4.74 Å². The Balaban J connectivity index is 1.29. The predicted molar refractivity (Wildman–Crippen MR) is 144 cm³/mol. The number of carbonyl (C=O) groups excluding carboxylic acids is 1. The molecule has 1 aliphatic heterocycles. The lowest BCUT2D eigenvalue weighted by Crippen LogP contribution is -2.42. The molecule has 1 saturated heterocycles. The summed E-state index contributed by atoms with van der Waals surface area (Å²) in [5.41, 5.74) is 2.42. The largest absolute Gasteiger partial charge is 0.444 e. The van der Waals surface area contributed by atoms with Gasteiger partial charge in [0.15, 0.2) is 11.5 Å². The molecule has 1 aromatic carbocycles. The van der Waals surface area contributed by atoms with Crippen molar-refractivity contribution in [2.24, 2.45) is 0 Å². The molecule has 1 amide bonds. The molecule has 1 N–H and O–H groups in total. The molecule has 6 rings (SSSR count). The van der Waals surface area contributed by atoms with Gasteiger partial charge in [0.25, 0.3) is 0 Å². The molecule has 1 unspecified atom stereocenters. The fourth-order valence-corrected chi connectivity index (χ4v) is 5.39. The Morgan fingerprint density at radius 3 is 2.55 bits per heavy atom. The summed E-state index contributed by atoms with van der Waals surface area (Å²) >= 11 is 0. The molecule has 2 fully saturated rings. The van der Waals surface area contributed by atoms with Gasteiger partial charge in [-0.25, -0.2) is 9.78 Å². The summed E-state index contributed by atoms with van der Waals surface area (Å²) in [5, 5.41) is 12.1. The molecule has 0 spiro atoms. The van der Waals surface area contributed by atoms with Crippen molar-refractivity contribution in [2.75, 3.05) is 13.1 Å². The van der Waals surface area contributed by atoms with Crippen molar-refractivity contribution in [1.29, 1.82) is 0 Å². The van der Waals surface area contributed by atoms with E-state index in [1.54, 1.807) is 31.2 Å². The van der Waals surface area contributed by atoms with Gasteiger partial charge in [-0.3, -0.25) is 9.30 Å². The van der Waals surface area contributed by atoms with Crippen molar-refractivity contribution in [2.45, 2.75) is 69.8 Å². The highest BCUT2D eigenvalue weighted by Gasteiger charge is 2.47. The fourth-order valence-electron chi connectivity index (χ4n) is 5.39. The predicted octanol–water partition coefficient (Wildman–Crippen LogP) is 6.02. The number of carbonyl (C=O) groups is 1. The van der Waals surface area contributed by atoms with Crippen LogP contribution in [0, 0.1) is 0 Å². The number of ether oxygens (including phenoxy) is 1. The number of fused-ring (bicyclic) bond motifs is 2. The van der Waals surface area contributed by atoms with Gasteiger partial charge in [0.05, 0.1) is 5.52 Å². The van der Waals surface area contributed by atoms with Crippen LogP contribution in [0.3, 0.4) is 0 Å². The van der Waals surface area contributed by atoms with Gasteiger partial charge in [0.1, 0.15) is 17.3 Å². The van der Waals surface area contributed by atoms with Gasteiger partial charge in [-0.2, -0.15) is 13.2 Å². The Kier molecular flexibility index (Phi) is 6.44. The Bertz CT molecular complexity index is 1570. The van der Waals surface area contributed by atoms with Gasteiger partial charge in [-0.1, -0.05) is 24.3 Å². The number of hydrogen-bond donors (Lipinski definition) is 1. The van der Waals surface area contributed by atoms with E-state index in [1.807, 2.05) is 12.1 Å². The van der Waals surface area contributed by atoms with Gasteiger partial charge < -0.3 is 10.1 Å². The summed E-state index contributed by atoms with van der Waals surface area (Å²) in [5.74, 6) is 0.956. The van der Waals surface area contributed by atoms with Crippen LogP contribution in [0.4, 0.5) is 18.0 Å². The first kappa shape index (κ1) is 26.5. The zero-order valence-corrected chi connectivity index (χ0v) is 22.6. The van der Waals surface area contributed by atoms with E-state index in [2.05, 4.69) is 33.7 Å². The van der Waals surface area contributed by atoms with Crippen molar-refractivity contribution in [3.8, 4) is 11.5 Å². The number of amides is 1. The van der Waals surface area contributed by atoms with E-state index in [0.29, 0.717) is 29.5 Å². The molecule has 11 heteroatoms. The van der Waals surface area contributed by atoms with Crippen molar-refractivity contribution in [3.05, 3.63) is 59.8 Å². The van der Waals surface area contributed by atoms with Crippen LogP contribution in [0.15, 0.2) is 48.7 Å². The Hall–Kier alpha value is -3.73. The Labute approximate surface area is 229 Å². The smallest absolute Gasteiger partial charge is 0.408 e. The molecule has 1 aliphatic carbocycles. The molecule has 210 valence electrons. The van der Waals surface area contributed by atoms with Crippen molar-refractivity contribution < 1.29 is 22.7 Å². The maximum absolute atomic E-state index is 14.5. The van der Waals surface area contributed by atoms with E-state index in [0.717, 1.165) is 10.9 Å². The standard InChI is InChI=1S/C29H31F3N6O2/c1-28(2,3)40-27(39)33-21-12-13-37(16-21)25(29(30,31)32)20-9-11-24-35-36-26(38(24)15-20)22-10-8-18-6-7-19(17-4-5-17)14-23(18)34-22/h6-11,14-15,17,21,25H,4-5,12-13,16H2,1-3H3,(H,33,39)/t21-,25?/m0/s1. The topological polar surface area (TPSA) is 84.6 Å². The van der Waals surface area contributed by atoms with Crippen molar-refractivity contribution in [1.82, 2.24) is 29.8 Å². The number of halogens is 3. The summed E-state index contributed by atoms with van der Waals surface area (Å²) in [6, 6.07) is 10.7. The number of rotatable bonds is 5. The minimum absolute atomic E-state index is 0.0477. The molecule has 40 heavy (non-hydrogen) atoms. The first-order valence-electron chi connectivity index (χ1n) is 13.5. The number of pyridine rings is 2. The number of benzene rings is 1. The average molecular weight is 553 g/mol. The molecule has 1 saturated carbocycles. The average Bonchev–Trinajstić information content (AvgIpc) is 3.49. The van der Waals surface area contributed by atoms with Gasteiger partial charge >= 0.3 is 12.3 Å².